The molecule has 2 aliphatic heterocycles. The molecule has 0 saturated heterocycles. The topological polar surface area (TPSA) is 121 Å². The van der Waals surface area contributed by atoms with Crippen LogP contribution in [0, 0.1) is 10.4 Å². The standard InChI is InChI=1S/C24H28N4O6/c1-27(2,33)13-5-11-25-21(29)15-7-9-17-20-18(10-8-16(19(15)20)22(25)30)24(32)26(23(17)31)12-6-14-28(3,4)34/h7-10H,5-6,11-14H2,1-4H3. The summed E-state index contributed by atoms with van der Waals surface area (Å²) in [4.78, 5) is 54.9. The highest BCUT2D eigenvalue weighted by Crippen LogP contribution is 2.37. The third-order valence-electron chi connectivity index (χ3n) is 6.22. The molecule has 2 aliphatic rings. The number of imide groups is 2. The summed E-state index contributed by atoms with van der Waals surface area (Å²) in [5, 5.41) is 24.3. The van der Waals surface area contributed by atoms with E-state index in [0.717, 1.165) is 9.80 Å². The Labute approximate surface area is 197 Å². The molecule has 0 atom stereocenters. The number of nitrogens with zero attached hydrogens (tertiary/aromatic N) is 4. The Bertz CT molecular complexity index is 1060. The van der Waals surface area contributed by atoms with Gasteiger partial charge < -0.3 is 19.7 Å². The van der Waals surface area contributed by atoms with E-state index in [4.69, 9.17) is 0 Å². The van der Waals surface area contributed by atoms with E-state index in [0.29, 0.717) is 23.6 Å². The molecule has 0 N–H and O–H groups in total. The summed E-state index contributed by atoms with van der Waals surface area (Å²) < 4.78 is -1.05. The van der Waals surface area contributed by atoms with Gasteiger partial charge in [0.05, 0.1) is 41.3 Å². The van der Waals surface area contributed by atoms with Crippen LogP contribution in [0.2, 0.25) is 0 Å². The zero-order chi connectivity index (χ0) is 25.0. The highest BCUT2D eigenvalue weighted by molar-refractivity contribution is 6.33. The first-order valence-corrected chi connectivity index (χ1v) is 11.2. The minimum atomic E-state index is -0.527. The van der Waals surface area contributed by atoms with E-state index in [1.165, 1.54) is 52.5 Å². The second kappa shape index (κ2) is 8.24. The van der Waals surface area contributed by atoms with Crippen molar-refractivity contribution in [3.8, 4) is 0 Å². The molecule has 180 valence electrons. The molecule has 10 nitrogen and oxygen atoms in total. The zero-order valence-corrected chi connectivity index (χ0v) is 19.8. The molecule has 0 aliphatic carbocycles. The predicted octanol–water partition coefficient (Wildman–Crippen LogP) is 1.96. The molecule has 0 unspecified atom stereocenters. The van der Waals surface area contributed by atoms with Gasteiger partial charge in [-0.3, -0.25) is 29.0 Å². The lowest BCUT2D eigenvalue weighted by Gasteiger charge is -2.36. The van der Waals surface area contributed by atoms with Gasteiger partial charge in [0.1, 0.15) is 0 Å². The number of hydrogen-bond acceptors (Lipinski definition) is 6. The minimum absolute atomic E-state index is 0.103. The Morgan fingerprint density at radius 2 is 0.853 bits per heavy atom. The summed E-state index contributed by atoms with van der Waals surface area (Å²) in [6, 6.07) is 6.07. The van der Waals surface area contributed by atoms with Crippen molar-refractivity contribution in [2.45, 2.75) is 12.8 Å². The third-order valence-corrected chi connectivity index (χ3v) is 6.22. The number of quaternary nitrogens is 2. The predicted molar refractivity (Wildman–Crippen MR) is 125 cm³/mol. The normalized spacial score (nSPS) is 16.2. The number of carbonyl (C=O) groups is 4. The van der Waals surface area contributed by atoms with Gasteiger partial charge in [-0.05, 0) is 24.3 Å². The lowest BCUT2D eigenvalue weighted by molar-refractivity contribution is -0.840. The molecule has 0 saturated carbocycles. The maximum Gasteiger partial charge on any atom is 0.261 e. The Balaban J connectivity index is 1.70. The molecule has 2 aromatic carbocycles. The van der Waals surface area contributed by atoms with Crippen molar-refractivity contribution in [2.24, 2.45) is 0 Å². The van der Waals surface area contributed by atoms with Crippen molar-refractivity contribution in [3.63, 3.8) is 0 Å². The summed E-state index contributed by atoms with van der Waals surface area (Å²) in [5.74, 6) is -2.02. The van der Waals surface area contributed by atoms with Gasteiger partial charge in [-0.15, -0.1) is 0 Å². The van der Waals surface area contributed by atoms with Gasteiger partial charge in [0.25, 0.3) is 23.6 Å². The lowest BCUT2D eigenvalue weighted by Crippen LogP contribution is -2.45. The molecule has 0 spiro atoms. The van der Waals surface area contributed by atoms with Crippen LogP contribution in [-0.2, 0) is 0 Å². The number of rotatable bonds is 8. The van der Waals surface area contributed by atoms with E-state index < -0.39 is 32.9 Å². The fraction of sp³-hybridized carbons (Fsp3) is 0.417. The van der Waals surface area contributed by atoms with Gasteiger partial charge in [0.15, 0.2) is 0 Å². The fourth-order valence-corrected chi connectivity index (χ4v) is 4.60. The second-order valence-corrected chi connectivity index (χ2v) is 9.90. The summed E-state index contributed by atoms with van der Waals surface area (Å²) in [6.45, 7) is 0.704. The Morgan fingerprint density at radius 3 is 1.09 bits per heavy atom. The van der Waals surface area contributed by atoms with Gasteiger partial charge in [-0.1, -0.05) is 0 Å². The zero-order valence-electron chi connectivity index (χ0n) is 19.8. The van der Waals surface area contributed by atoms with Gasteiger partial charge in [-0.25, -0.2) is 0 Å². The monoisotopic (exact) mass is 468 g/mol. The molecule has 4 amide bonds. The largest absolute Gasteiger partial charge is 0.633 e. The van der Waals surface area contributed by atoms with Crippen LogP contribution in [0.15, 0.2) is 24.3 Å². The first kappa shape index (κ1) is 24.0. The molecule has 0 aromatic heterocycles. The van der Waals surface area contributed by atoms with Crippen LogP contribution in [0.5, 0.6) is 0 Å². The SMILES string of the molecule is C[N+](C)([O-])CCCN1C(=O)c2ccc3c4c(ccc(c24)C1=O)C(=O)N(CCC[N+](C)(C)[O-])C3=O. The molecule has 2 heterocycles. The molecule has 10 heteroatoms. The summed E-state index contributed by atoms with van der Waals surface area (Å²) in [7, 11) is 5.98. The quantitative estimate of drug-likeness (QED) is 0.332. The van der Waals surface area contributed by atoms with E-state index >= 15 is 0 Å². The number of hydrogen-bond donors (Lipinski definition) is 0. The number of carbonyl (C=O) groups excluding carboxylic acids is 4. The van der Waals surface area contributed by atoms with Crippen LogP contribution in [0.1, 0.15) is 54.3 Å². The first-order chi connectivity index (χ1) is 15.8. The lowest BCUT2D eigenvalue weighted by atomic mass is 9.86. The van der Waals surface area contributed by atoms with Crippen LogP contribution in [-0.4, -0.2) is 97.1 Å². The molecular weight excluding hydrogens is 440 g/mol. The van der Waals surface area contributed by atoms with Gasteiger partial charge in [0, 0.05) is 59.0 Å². The van der Waals surface area contributed by atoms with Gasteiger partial charge in [0.2, 0.25) is 0 Å². The fourth-order valence-electron chi connectivity index (χ4n) is 4.60. The van der Waals surface area contributed by atoms with E-state index in [1.54, 1.807) is 0 Å². The highest BCUT2D eigenvalue weighted by Gasteiger charge is 2.39. The average molecular weight is 469 g/mol. The summed E-state index contributed by atoms with van der Waals surface area (Å²) in [5.41, 5.74) is 1.02. The molecule has 0 fully saturated rings. The molecule has 0 radical (unpaired) electrons. The molecular formula is C24H28N4O6. The summed E-state index contributed by atoms with van der Waals surface area (Å²) in [6.07, 6.45) is 0.709. The van der Waals surface area contributed by atoms with E-state index in [1.807, 2.05) is 0 Å². The van der Waals surface area contributed by atoms with Crippen molar-refractivity contribution < 1.29 is 28.5 Å². The van der Waals surface area contributed by atoms with Crippen molar-refractivity contribution >= 4 is 34.4 Å². The second-order valence-electron chi connectivity index (χ2n) is 9.90. The molecule has 0 bridgehead atoms. The van der Waals surface area contributed by atoms with Gasteiger partial charge >= 0.3 is 0 Å². The maximum atomic E-state index is 13.2. The Morgan fingerprint density at radius 1 is 0.588 bits per heavy atom. The highest BCUT2D eigenvalue weighted by atomic mass is 16.5. The van der Waals surface area contributed by atoms with Crippen LogP contribution in [0.25, 0.3) is 10.8 Å². The molecule has 4 rings (SSSR count). The first-order valence-electron chi connectivity index (χ1n) is 11.2. The molecule has 34 heavy (non-hydrogen) atoms. The van der Waals surface area contributed by atoms with E-state index in [-0.39, 0.29) is 48.4 Å². The average Bonchev–Trinajstić information content (AvgIpc) is 2.73. The van der Waals surface area contributed by atoms with Crippen LogP contribution >= 0.6 is 0 Å². The van der Waals surface area contributed by atoms with E-state index in [2.05, 4.69) is 0 Å². The van der Waals surface area contributed by atoms with Crippen molar-refractivity contribution in [2.75, 3.05) is 54.4 Å². The number of hydroxylamine groups is 6. The Hall–Kier alpha value is -3.18. The van der Waals surface area contributed by atoms with Crippen LogP contribution in [0.3, 0.4) is 0 Å². The van der Waals surface area contributed by atoms with Crippen molar-refractivity contribution in [3.05, 3.63) is 56.9 Å². The maximum absolute atomic E-state index is 13.2. The smallest absolute Gasteiger partial charge is 0.261 e. The summed E-state index contributed by atoms with van der Waals surface area (Å²) >= 11 is 0. The number of benzene rings is 2. The van der Waals surface area contributed by atoms with Crippen LogP contribution in [0.4, 0.5) is 0 Å². The van der Waals surface area contributed by atoms with Crippen molar-refractivity contribution in [1.82, 2.24) is 9.80 Å². The third kappa shape index (κ3) is 4.21. The van der Waals surface area contributed by atoms with Crippen molar-refractivity contribution in [1.29, 1.82) is 0 Å². The molecule has 2 aromatic rings. The Kier molecular flexibility index (Phi) is 5.81. The van der Waals surface area contributed by atoms with Crippen LogP contribution < -0.4 is 0 Å². The number of amides is 4. The van der Waals surface area contributed by atoms with Gasteiger partial charge in [-0.2, -0.15) is 0 Å². The minimum Gasteiger partial charge on any atom is -0.633 e. The van der Waals surface area contributed by atoms with E-state index in [9.17, 15) is 29.6 Å².